The minimum Gasteiger partial charge on any atom is -0.459 e. The van der Waals surface area contributed by atoms with Crippen LogP contribution in [0.2, 0.25) is 0 Å². The lowest BCUT2D eigenvalue weighted by atomic mass is 10.0. The van der Waals surface area contributed by atoms with Crippen LogP contribution in [0.1, 0.15) is 27.9 Å². The molecule has 5 nitrogen and oxygen atoms in total. The van der Waals surface area contributed by atoms with E-state index in [0.29, 0.717) is 16.5 Å². The fourth-order valence-corrected chi connectivity index (χ4v) is 3.65. The van der Waals surface area contributed by atoms with E-state index in [1.807, 2.05) is 72.8 Å². The molecule has 0 aliphatic heterocycles. The lowest BCUT2D eigenvalue weighted by Gasteiger charge is -2.17. The predicted molar refractivity (Wildman–Crippen MR) is 117 cm³/mol. The molecule has 3 aromatic carbocycles. The predicted octanol–water partition coefficient (Wildman–Crippen LogP) is 4.79. The Morgan fingerprint density at radius 3 is 2.33 bits per heavy atom. The summed E-state index contributed by atoms with van der Waals surface area (Å²) in [4.78, 5) is 28.2. The van der Waals surface area contributed by atoms with Gasteiger partial charge in [-0.1, -0.05) is 66.7 Å². The first-order valence-corrected chi connectivity index (χ1v) is 9.65. The highest BCUT2D eigenvalue weighted by Gasteiger charge is 2.22. The number of hydrogen-bond acceptors (Lipinski definition) is 3. The molecule has 5 aromatic rings. The molecule has 146 valence electrons. The molecule has 2 N–H and O–H groups in total. The van der Waals surface area contributed by atoms with Crippen molar-refractivity contribution in [3.8, 4) is 0 Å². The number of carbonyl (C=O) groups excluding carboxylic acids is 1. The molecule has 2 aromatic heterocycles. The second-order valence-electron chi connectivity index (χ2n) is 7.10. The average Bonchev–Trinajstić information content (AvgIpc) is 3.22. The van der Waals surface area contributed by atoms with Crippen molar-refractivity contribution in [1.82, 2.24) is 10.3 Å². The van der Waals surface area contributed by atoms with Gasteiger partial charge in [0.2, 0.25) is 0 Å². The maximum atomic E-state index is 13.1. The largest absolute Gasteiger partial charge is 0.459 e. The third-order valence-corrected chi connectivity index (χ3v) is 5.14. The number of rotatable bonds is 4. The number of amides is 1. The van der Waals surface area contributed by atoms with Crippen LogP contribution >= 0.6 is 0 Å². The summed E-state index contributed by atoms with van der Waals surface area (Å²) in [5.74, 6) is 0.242. The number of furan rings is 1. The van der Waals surface area contributed by atoms with Gasteiger partial charge in [-0.25, -0.2) is 0 Å². The monoisotopic (exact) mass is 394 g/mol. The molecule has 0 spiro atoms. The van der Waals surface area contributed by atoms with Crippen molar-refractivity contribution in [2.24, 2.45) is 0 Å². The van der Waals surface area contributed by atoms with Gasteiger partial charge in [0.05, 0.1) is 0 Å². The van der Waals surface area contributed by atoms with E-state index in [2.05, 4.69) is 10.3 Å². The van der Waals surface area contributed by atoms with E-state index in [0.717, 1.165) is 16.5 Å². The van der Waals surface area contributed by atoms with Crippen LogP contribution in [0.5, 0.6) is 0 Å². The van der Waals surface area contributed by atoms with E-state index >= 15 is 0 Å². The summed E-state index contributed by atoms with van der Waals surface area (Å²) in [7, 11) is 0. The van der Waals surface area contributed by atoms with Crippen molar-refractivity contribution in [3.05, 3.63) is 118 Å². The van der Waals surface area contributed by atoms with Gasteiger partial charge in [-0.3, -0.25) is 9.59 Å². The Morgan fingerprint density at radius 2 is 1.53 bits per heavy atom. The first-order valence-electron chi connectivity index (χ1n) is 9.65. The van der Waals surface area contributed by atoms with Crippen LogP contribution in [0.25, 0.3) is 21.7 Å². The molecule has 0 radical (unpaired) electrons. The summed E-state index contributed by atoms with van der Waals surface area (Å²) < 4.78 is 6.03. The molecular formula is C25H18N2O3. The highest BCUT2D eigenvalue weighted by atomic mass is 16.3. The Kier molecular flexibility index (Phi) is 4.41. The van der Waals surface area contributed by atoms with E-state index in [1.54, 1.807) is 18.2 Å². The molecule has 0 saturated heterocycles. The van der Waals surface area contributed by atoms with Crippen LogP contribution in [0.3, 0.4) is 0 Å². The average molecular weight is 394 g/mol. The van der Waals surface area contributed by atoms with Crippen molar-refractivity contribution in [2.75, 3.05) is 0 Å². The fraction of sp³-hybridized carbons (Fsp3) is 0.0400. The van der Waals surface area contributed by atoms with E-state index in [1.165, 1.54) is 0 Å². The zero-order valence-electron chi connectivity index (χ0n) is 16.0. The maximum absolute atomic E-state index is 13.1. The molecule has 2 heterocycles. The number of pyridine rings is 1. The highest BCUT2D eigenvalue weighted by Crippen LogP contribution is 2.28. The maximum Gasteiger partial charge on any atom is 0.268 e. The van der Waals surface area contributed by atoms with Gasteiger partial charge in [-0.2, -0.15) is 0 Å². The van der Waals surface area contributed by atoms with Gasteiger partial charge in [0.1, 0.15) is 23.1 Å². The lowest BCUT2D eigenvalue weighted by molar-refractivity contribution is 0.0934. The molecule has 1 unspecified atom stereocenters. The number of H-pyrrole nitrogens is 1. The lowest BCUT2D eigenvalue weighted by Crippen LogP contribution is -2.31. The number of carbonyl (C=O) groups is 1. The van der Waals surface area contributed by atoms with Crippen LogP contribution in [0.4, 0.5) is 0 Å². The van der Waals surface area contributed by atoms with Gasteiger partial charge in [0, 0.05) is 10.8 Å². The van der Waals surface area contributed by atoms with Crippen LogP contribution in [0, 0.1) is 0 Å². The van der Waals surface area contributed by atoms with E-state index in [9.17, 15) is 9.59 Å². The van der Waals surface area contributed by atoms with Crippen molar-refractivity contribution in [3.63, 3.8) is 0 Å². The van der Waals surface area contributed by atoms with E-state index in [-0.39, 0.29) is 17.2 Å². The van der Waals surface area contributed by atoms with Crippen LogP contribution in [0.15, 0.2) is 100 Å². The number of hydrogen-bond donors (Lipinski definition) is 2. The summed E-state index contributed by atoms with van der Waals surface area (Å²) in [5.41, 5.74) is 1.55. The number of nitrogens with one attached hydrogen (secondary N) is 2. The Balaban J connectivity index is 1.55. The van der Waals surface area contributed by atoms with Gasteiger partial charge in [-0.15, -0.1) is 0 Å². The molecule has 0 aliphatic carbocycles. The minimum atomic E-state index is -0.499. The van der Waals surface area contributed by atoms with E-state index < -0.39 is 6.04 Å². The van der Waals surface area contributed by atoms with Crippen molar-refractivity contribution < 1.29 is 9.21 Å². The Hall–Kier alpha value is -4.12. The standard InChI is InChI=1S/C25H18N2O3/c28-24-19-12-6-4-10-17(19)14-20(26-24)25(29)27-23(16-8-2-1-3-9-16)22-15-18-11-5-7-13-21(18)30-22/h1-15,23H,(H,26,28)(H,27,29). The van der Waals surface area contributed by atoms with Gasteiger partial charge in [-0.05, 0) is 35.2 Å². The van der Waals surface area contributed by atoms with Gasteiger partial charge < -0.3 is 14.7 Å². The van der Waals surface area contributed by atoms with Crippen molar-refractivity contribution in [2.45, 2.75) is 6.04 Å². The Morgan fingerprint density at radius 1 is 0.833 bits per heavy atom. The molecule has 1 amide bonds. The molecule has 30 heavy (non-hydrogen) atoms. The number of benzene rings is 3. The molecular weight excluding hydrogens is 376 g/mol. The Labute approximate surface area is 172 Å². The zero-order valence-corrected chi connectivity index (χ0v) is 16.0. The number of aromatic nitrogens is 1. The molecule has 5 heteroatoms. The van der Waals surface area contributed by atoms with E-state index in [4.69, 9.17) is 4.42 Å². The van der Waals surface area contributed by atoms with Crippen molar-refractivity contribution in [1.29, 1.82) is 0 Å². The first-order chi connectivity index (χ1) is 14.7. The summed E-state index contributed by atoms with van der Waals surface area (Å²) in [6, 6.07) is 27.6. The summed E-state index contributed by atoms with van der Waals surface area (Å²) in [6.45, 7) is 0. The molecule has 0 bridgehead atoms. The summed E-state index contributed by atoms with van der Waals surface area (Å²) in [6.07, 6.45) is 0. The SMILES string of the molecule is O=C(NC(c1ccccc1)c1cc2ccccc2o1)c1cc2ccccc2c(=O)[nH]1. The molecule has 0 aliphatic rings. The summed E-state index contributed by atoms with van der Waals surface area (Å²) >= 11 is 0. The van der Waals surface area contributed by atoms with Gasteiger partial charge >= 0.3 is 0 Å². The second kappa shape index (κ2) is 7.37. The van der Waals surface area contributed by atoms with Crippen LogP contribution < -0.4 is 10.9 Å². The molecule has 0 saturated carbocycles. The van der Waals surface area contributed by atoms with Gasteiger partial charge in [0.25, 0.3) is 11.5 Å². The molecule has 0 fully saturated rings. The van der Waals surface area contributed by atoms with Crippen LogP contribution in [-0.2, 0) is 0 Å². The number of aromatic amines is 1. The zero-order chi connectivity index (χ0) is 20.5. The second-order valence-corrected chi connectivity index (χ2v) is 7.10. The first kappa shape index (κ1) is 17.9. The molecule has 5 rings (SSSR count). The minimum absolute atomic E-state index is 0.204. The highest BCUT2D eigenvalue weighted by molar-refractivity contribution is 5.96. The fourth-order valence-electron chi connectivity index (χ4n) is 3.65. The topological polar surface area (TPSA) is 75.1 Å². The van der Waals surface area contributed by atoms with Gasteiger partial charge in [0.15, 0.2) is 0 Å². The third kappa shape index (κ3) is 3.26. The number of para-hydroxylation sites is 1. The third-order valence-electron chi connectivity index (χ3n) is 5.14. The molecule has 1 atom stereocenters. The smallest absolute Gasteiger partial charge is 0.268 e. The summed E-state index contributed by atoms with van der Waals surface area (Å²) in [5, 5.41) is 5.24. The van der Waals surface area contributed by atoms with Crippen molar-refractivity contribution >= 4 is 27.6 Å². The Bertz CT molecular complexity index is 1380. The number of fused-ring (bicyclic) bond motifs is 2. The van der Waals surface area contributed by atoms with Crippen LogP contribution in [-0.4, -0.2) is 10.9 Å². The quantitative estimate of drug-likeness (QED) is 0.460. The normalized spacial score (nSPS) is 12.1.